The van der Waals surface area contributed by atoms with Crippen LogP contribution in [-0.2, 0) is 42.2 Å². The topological polar surface area (TPSA) is 92.1 Å². The largest absolute Gasteiger partial charge is 0.358 e. The van der Waals surface area contributed by atoms with Crippen molar-refractivity contribution >= 4 is 30.6 Å². The van der Waals surface area contributed by atoms with Gasteiger partial charge in [0.25, 0.3) is 0 Å². The van der Waals surface area contributed by atoms with Gasteiger partial charge in [0.1, 0.15) is 24.7 Å². The van der Waals surface area contributed by atoms with Crippen LogP contribution in [0.3, 0.4) is 0 Å². The predicted molar refractivity (Wildman–Crippen MR) is 459 cm³/mol. The van der Waals surface area contributed by atoms with Crippen molar-refractivity contribution in [1.29, 1.82) is 0 Å². The Labute approximate surface area is 674 Å². The van der Waals surface area contributed by atoms with E-state index in [1.165, 1.54) is 142 Å². The van der Waals surface area contributed by atoms with Crippen LogP contribution in [0.5, 0.6) is 0 Å². The van der Waals surface area contributed by atoms with E-state index in [1.807, 2.05) is 72.3 Å². The van der Waals surface area contributed by atoms with E-state index in [2.05, 4.69) is 150 Å². The van der Waals surface area contributed by atoms with Crippen molar-refractivity contribution < 1.29 is 70.3 Å². The normalized spacial score (nSPS) is 17.7. The molecule has 8 aromatic rings. The molecule has 3 N–H and O–H groups in total. The molecule has 3 heterocycles. The van der Waals surface area contributed by atoms with E-state index in [9.17, 15) is 22.0 Å². The fourth-order valence-electron chi connectivity index (χ4n) is 10.8. The molecule has 0 spiro atoms. The van der Waals surface area contributed by atoms with Crippen molar-refractivity contribution in [3.8, 4) is 0 Å². The molecule has 6 aromatic carbocycles. The minimum absolute atomic E-state index is 0. The third-order valence-corrected chi connectivity index (χ3v) is 17.2. The number of ether oxygens (including phenoxy) is 2. The number of halogens is 6. The van der Waals surface area contributed by atoms with Gasteiger partial charge in [0.2, 0.25) is 0 Å². The molecular formula is C90H151F6N4O2P2Y-. The van der Waals surface area contributed by atoms with Crippen LogP contribution in [0.15, 0.2) is 134 Å². The van der Waals surface area contributed by atoms with Crippen molar-refractivity contribution in [1.82, 2.24) is 21.1 Å². The summed E-state index contributed by atoms with van der Waals surface area (Å²) < 4.78 is 78.6. The molecule has 3 aliphatic carbocycles. The SMILES string of the molecule is C.C.C.C.C.C.CC1CCC(C)CC1.CC1CCC2CC(C)CCC2C1.CC1COC(C)OC1.Cc1cc(F)c(C)c(F)c1.Cc1ccc(C)c(F)c1.Cc1ccc(C)c(F)c1F.Cc1ccc(C)cc1.Cc1ccc(C)nc1.Cc1ccc2cc(C)ccc2c1.Cc1cnc(C)nc1.F.P.P.[2H]N.[CH3-].[Y]. The zero-order valence-corrected chi connectivity index (χ0v) is 70.0. The molecule has 1 aliphatic heterocycles. The monoisotopic (exact) mass is 1590 g/mol. The molecule has 0 bridgehead atoms. The van der Waals surface area contributed by atoms with Crippen LogP contribution >= 0.6 is 19.8 Å². The smallest absolute Gasteiger partial charge is 0.161 e. The Kier molecular flexibility index (Phi) is 73.6. The number of benzene rings is 6. The summed E-state index contributed by atoms with van der Waals surface area (Å²) in [4.78, 5) is 12.0. The van der Waals surface area contributed by atoms with Crippen LogP contribution < -0.4 is 6.14 Å². The molecule has 1 saturated heterocycles. The van der Waals surface area contributed by atoms with Gasteiger partial charge < -0.3 is 23.0 Å². The summed E-state index contributed by atoms with van der Waals surface area (Å²) in [6, 6.07) is 36.6. The average Bonchev–Trinajstić information content (AvgIpc) is 0.842. The maximum absolute atomic E-state index is 12.6. The molecule has 599 valence electrons. The van der Waals surface area contributed by atoms with E-state index in [0.29, 0.717) is 28.2 Å². The fourth-order valence-corrected chi connectivity index (χ4v) is 10.8. The summed E-state index contributed by atoms with van der Waals surface area (Å²) in [5, 5.41) is 2.67. The summed E-state index contributed by atoms with van der Waals surface area (Å²) >= 11 is 0. The first-order valence-corrected chi connectivity index (χ1v) is 33.8. The van der Waals surface area contributed by atoms with Crippen LogP contribution in [0.2, 0.25) is 1.41 Å². The number of pyridine rings is 1. The van der Waals surface area contributed by atoms with Gasteiger partial charge in [-0.2, -0.15) is 19.8 Å². The standard InChI is InChI=1S/C12H22.C12H12.2C8H8F2.C8H9F.C8H16.C8H10.C7H9N.C6H8N2.C6H12O2.6CH4.CH3.FH.H3N.2H3P.Y/c2*1-9-3-5-12-8-10(2)4-6-11(12)7-9;1-5-3-7(9)6(2)8(10)4-5;1-5-3-4-6(2)8(10)7(5)9;1-6-3-4-7(2)8(9)5-6;2*1-7-3-5-8(2)6-4-7;1-6-3-4-7(2)8-5-6;2*1-5-3-7-6(2)8-4-5;;;;;;;;;;;;/h9-12H,3-8H2,1-2H3;3-8H,1-2H3;2*3-4H,1-2H3;3-5H,1-2H3;7-8H,3-6H2,1-2H3;3-6H,1-2H3;3-5H,1-2H3;3-4H,1-2H3;5-6H,3-4H2,1-2H3;6*1H4;1H3;1H;3*1H3;/q;;;;;;;;;;;;;;;;-1;;;;;/i/hD. The molecule has 12 rings (SSSR count). The maximum Gasteiger partial charge on any atom is 0.161 e. The second-order valence-electron chi connectivity index (χ2n) is 27.3. The third kappa shape index (κ3) is 51.3. The van der Waals surface area contributed by atoms with Gasteiger partial charge >= 0.3 is 0 Å². The third-order valence-electron chi connectivity index (χ3n) is 17.2. The van der Waals surface area contributed by atoms with Crippen molar-refractivity contribution in [2.24, 2.45) is 41.4 Å². The Morgan fingerprint density at radius 3 is 1.00 bits per heavy atom. The van der Waals surface area contributed by atoms with E-state index < -0.39 is 23.3 Å². The summed E-state index contributed by atoms with van der Waals surface area (Å²) in [5.41, 5.74) is 11.8. The Bertz CT molecular complexity index is 3100. The quantitative estimate of drug-likeness (QED) is 0.0924. The Morgan fingerprint density at radius 2 is 0.676 bits per heavy atom. The predicted octanol–water partition coefficient (Wildman–Crippen LogP) is 28.6. The van der Waals surface area contributed by atoms with E-state index >= 15 is 0 Å². The number of hydrogen-bond donors (Lipinski definition) is 1. The van der Waals surface area contributed by atoms with Crippen molar-refractivity contribution in [2.75, 3.05) is 13.2 Å². The Hall–Kier alpha value is -4.77. The van der Waals surface area contributed by atoms with Gasteiger partial charge in [-0.1, -0.05) is 231 Å². The van der Waals surface area contributed by atoms with Gasteiger partial charge in [0, 0.05) is 68.5 Å². The van der Waals surface area contributed by atoms with Crippen molar-refractivity contribution in [3.63, 3.8) is 0 Å². The van der Waals surface area contributed by atoms with Gasteiger partial charge in [-0.05, 0) is 239 Å². The first-order valence-electron chi connectivity index (χ1n) is 34.4. The molecule has 2 aromatic heterocycles. The number of nitrogens with zero attached hydrogens (tertiary/aromatic N) is 3. The minimum Gasteiger partial charge on any atom is -0.358 e. The van der Waals surface area contributed by atoms with E-state index in [4.69, 9.17) is 10.9 Å². The summed E-state index contributed by atoms with van der Waals surface area (Å²) in [6.45, 7) is 41.4. The minimum atomic E-state index is -0.736. The van der Waals surface area contributed by atoms with Gasteiger partial charge in [0.15, 0.2) is 17.9 Å². The van der Waals surface area contributed by atoms with Crippen LogP contribution in [-0.4, -0.2) is 34.5 Å². The summed E-state index contributed by atoms with van der Waals surface area (Å²) in [7, 11) is 0. The molecule has 4 fully saturated rings. The van der Waals surface area contributed by atoms with Crippen molar-refractivity contribution in [2.45, 2.75) is 254 Å². The molecule has 6 atom stereocenters. The van der Waals surface area contributed by atoms with Crippen LogP contribution in [0.4, 0.5) is 26.7 Å². The molecule has 1 radical (unpaired) electrons. The Morgan fingerprint density at radius 1 is 0.362 bits per heavy atom. The molecular weight excluding hydrogens is 1430 g/mol. The van der Waals surface area contributed by atoms with Gasteiger partial charge in [0.05, 0.1) is 13.2 Å². The van der Waals surface area contributed by atoms with E-state index in [0.717, 1.165) is 71.4 Å². The zero-order chi connectivity index (χ0) is 71.3. The molecule has 6 nitrogen and oxygen atoms in total. The van der Waals surface area contributed by atoms with Crippen LogP contribution in [0, 0.1) is 175 Å². The fraction of sp³-hybridized carbons (Fsp3) is 0.511. The van der Waals surface area contributed by atoms with E-state index in [1.54, 1.807) is 32.0 Å². The van der Waals surface area contributed by atoms with Crippen LogP contribution in [0.25, 0.3) is 10.8 Å². The second-order valence-corrected chi connectivity index (χ2v) is 27.3. The second kappa shape index (κ2) is 65.2. The maximum atomic E-state index is 12.6. The van der Waals surface area contributed by atoms with Gasteiger partial charge in [-0.15, -0.1) is 0 Å². The van der Waals surface area contributed by atoms with Gasteiger partial charge in [-0.3, -0.25) is 9.69 Å². The number of fused-ring (bicyclic) bond motifs is 2. The molecule has 15 heteroatoms. The number of aryl methyl sites for hydroxylation is 13. The van der Waals surface area contributed by atoms with E-state index in [-0.39, 0.29) is 127 Å². The van der Waals surface area contributed by atoms with Crippen LogP contribution in [0.1, 0.15) is 229 Å². The molecule has 3 saturated carbocycles. The van der Waals surface area contributed by atoms with Gasteiger partial charge in [-0.25, -0.2) is 31.9 Å². The molecule has 6 unspecified atom stereocenters. The Balaban J connectivity index is -0.000000119. The molecule has 105 heavy (non-hydrogen) atoms. The molecule has 4 aliphatic rings. The molecule has 0 amide bonds. The summed E-state index contributed by atoms with van der Waals surface area (Å²) in [6.07, 6.45) is 24.3. The first-order chi connectivity index (χ1) is 44.9. The zero-order valence-electron chi connectivity index (χ0n) is 65.3. The number of hydrogen-bond acceptors (Lipinski definition) is 6. The number of rotatable bonds is 0. The van der Waals surface area contributed by atoms with Crippen molar-refractivity contribution in [3.05, 3.63) is 249 Å². The first kappa shape index (κ1) is 119. The summed E-state index contributed by atoms with van der Waals surface area (Å²) in [5.74, 6) is 5.19. The average molecular weight is 1590 g/mol. The number of aromatic nitrogens is 3.